The Kier molecular flexibility index (Phi) is 6.34. The number of amides is 5. The number of hydrazine groups is 1. The Bertz CT molecular complexity index is 807. The van der Waals surface area contributed by atoms with Crippen molar-refractivity contribution in [3.63, 3.8) is 0 Å². The van der Waals surface area contributed by atoms with E-state index in [-0.39, 0.29) is 11.5 Å². The Balaban J connectivity index is 1.85. The third-order valence-corrected chi connectivity index (χ3v) is 4.27. The first-order valence-electron chi connectivity index (χ1n) is 8.63. The van der Waals surface area contributed by atoms with Crippen molar-refractivity contribution in [2.75, 3.05) is 6.61 Å². The number of rotatable bonds is 7. The summed E-state index contributed by atoms with van der Waals surface area (Å²) in [5.41, 5.74) is 2.05. The van der Waals surface area contributed by atoms with Crippen molar-refractivity contribution in [1.82, 2.24) is 21.1 Å². The van der Waals surface area contributed by atoms with Gasteiger partial charge in [-0.15, -0.1) is 0 Å². The number of hydrogen-bond donors (Lipinski definition) is 3. The molecule has 150 valence electrons. The number of carbonyl (C=O) groups is 5. The van der Waals surface area contributed by atoms with Gasteiger partial charge in [0, 0.05) is 13.5 Å². The fourth-order valence-electron chi connectivity index (χ4n) is 2.38. The highest BCUT2D eigenvalue weighted by Gasteiger charge is 2.47. The minimum Gasteiger partial charge on any atom is -0.452 e. The molecule has 0 spiro atoms. The summed E-state index contributed by atoms with van der Waals surface area (Å²) in [5, 5.41) is 5.70. The zero-order chi connectivity index (χ0) is 20.9. The summed E-state index contributed by atoms with van der Waals surface area (Å²) < 4.78 is 4.90. The van der Waals surface area contributed by atoms with Gasteiger partial charge < -0.3 is 15.4 Å². The van der Waals surface area contributed by atoms with Crippen molar-refractivity contribution in [3.05, 3.63) is 35.4 Å². The van der Waals surface area contributed by atoms with Crippen LogP contribution in [-0.4, -0.2) is 46.9 Å². The lowest BCUT2D eigenvalue weighted by molar-refractivity contribution is -0.139. The second-order valence-corrected chi connectivity index (χ2v) is 6.47. The van der Waals surface area contributed by atoms with E-state index in [1.54, 1.807) is 26.0 Å². The molecule has 1 aliphatic heterocycles. The summed E-state index contributed by atoms with van der Waals surface area (Å²) in [4.78, 5) is 58.8. The Labute approximate surface area is 161 Å². The molecular formula is C18H22N4O6. The summed E-state index contributed by atoms with van der Waals surface area (Å²) in [6.45, 7) is 4.35. The maximum absolute atomic E-state index is 12.2. The topological polar surface area (TPSA) is 134 Å². The summed E-state index contributed by atoms with van der Waals surface area (Å²) in [5.74, 6) is -2.32. The predicted octanol–water partition coefficient (Wildman–Crippen LogP) is 0.231. The van der Waals surface area contributed by atoms with Gasteiger partial charge in [0.25, 0.3) is 11.8 Å². The van der Waals surface area contributed by atoms with Crippen LogP contribution in [0.5, 0.6) is 0 Å². The molecule has 0 aromatic heterocycles. The molecule has 0 saturated carbocycles. The fraction of sp³-hybridized carbons (Fsp3) is 0.389. The molecule has 0 aliphatic carbocycles. The molecule has 1 aliphatic rings. The number of esters is 1. The standard InChI is InChI=1S/C18H22N4O6/c1-4-18(3)16(26)22(17(27)20-18)21-14(24)10-28-15(25)13-7-5-12(6-8-13)9-19-11(2)23/h5-8H,4,9-10H2,1-3H3,(H,19,23)(H,20,27)(H,21,24). The highest BCUT2D eigenvalue weighted by molar-refractivity contribution is 6.07. The lowest BCUT2D eigenvalue weighted by atomic mass is 10.00. The van der Waals surface area contributed by atoms with Crippen LogP contribution in [0.3, 0.4) is 0 Å². The second kappa shape index (κ2) is 8.51. The van der Waals surface area contributed by atoms with Crippen molar-refractivity contribution in [1.29, 1.82) is 0 Å². The van der Waals surface area contributed by atoms with Crippen LogP contribution in [0.1, 0.15) is 43.1 Å². The number of benzene rings is 1. The van der Waals surface area contributed by atoms with Crippen LogP contribution in [-0.2, 0) is 25.7 Å². The number of nitrogens with one attached hydrogen (secondary N) is 3. The highest BCUT2D eigenvalue weighted by Crippen LogP contribution is 2.19. The van der Waals surface area contributed by atoms with Crippen molar-refractivity contribution < 1.29 is 28.7 Å². The summed E-state index contributed by atoms with van der Waals surface area (Å²) in [6, 6.07) is 5.55. The Morgan fingerprint density at radius 3 is 2.36 bits per heavy atom. The lowest BCUT2D eigenvalue weighted by Crippen LogP contribution is -2.49. The van der Waals surface area contributed by atoms with Gasteiger partial charge in [0.05, 0.1) is 5.56 Å². The number of hydrogen-bond acceptors (Lipinski definition) is 6. The first-order valence-corrected chi connectivity index (χ1v) is 8.63. The molecule has 10 heteroatoms. The van der Waals surface area contributed by atoms with Crippen molar-refractivity contribution in [3.8, 4) is 0 Å². The van der Waals surface area contributed by atoms with Crippen molar-refractivity contribution in [2.24, 2.45) is 0 Å². The van der Waals surface area contributed by atoms with Gasteiger partial charge in [-0.25, -0.2) is 9.59 Å². The SMILES string of the molecule is CCC1(C)NC(=O)N(NC(=O)COC(=O)c2ccc(CNC(C)=O)cc2)C1=O. The molecule has 5 amide bonds. The zero-order valence-corrected chi connectivity index (χ0v) is 15.8. The average Bonchev–Trinajstić information content (AvgIpc) is 2.88. The monoisotopic (exact) mass is 390 g/mol. The van der Waals surface area contributed by atoms with E-state index in [1.165, 1.54) is 19.1 Å². The van der Waals surface area contributed by atoms with Gasteiger partial charge in [-0.3, -0.25) is 19.8 Å². The Hall–Kier alpha value is -3.43. The number of nitrogens with zero attached hydrogens (tertiary/aromatic N) is 1. The minimum atomic E-state index is -1.08. The molecule has 28 heavy (non-hydrogen) atoms. The maximum atomic E-state index is 12.2. The van der Waals surface area contributed by atoms with Crippen LogP contribution in [0.2, 0.25) is 0 Å². The van der Waals surface area contributed by atoms with Gasteiger partial charge in [0.1, 0.15) is 5.54 Å². The molecule has 3 N–H and O–H groups in total. The van der Waals surface area contributed by atoms with Gasteiger partial charge in [0.2, 0.25) is 5.91 Å². The number of ether oxygens (including phenoxy) is 1. The van der Waals surface area contributed by atoms with Crippen molar-refractivity contribution >= 4 is 29.7 Å². The van der Waals surface area contributed by atoms with Gasteiger partial charge in [-0.2, -0.15) is 5.01 Å². The van der Waals surface area contributed by atoms with Crippen LogP contribution >= 0.6 is 0 Å². The highest BCUT2D eigenvalue weighted by atomic mass is 16.5. The molecule has 1 aromatic rings. The van der Waals surface area contributed by atoms with E-state index in [0.717, 1.165) is 5.56 Å². The molecule has 0 bridgehead atoms. The van der Waals surface area contributed by atoms with E-state index in [0.29, 0.717) is 18.0 Å². The molecule has 1 saturated heterocycles. The molecule has 1 unspecified atom stereocenters. The molecule has 1 atom stereocenters. The van der Waals surface area contributed by atoms with Gasteiger partial charge in [-0.1, -0.05) is 19.1 Å². The largest absolute Gasteiger partial charge is 0.452 e. The van der Waals surface area contributed by atoms with Crippen LogP contribution in [0.25, 0.3) is 0 Å². The van der Waals surface area contributed by atoms with Gasteiger partial charge in [-0.05, 0) is 31.0 Å². The quantitative estimate of drug-likeness (QED) is 0.451. The first-order chi connectivity index (χ1) is 13.2. The van der Waals surface area contributed by atoms with Crippen LogP contribution in [0, 0.1) is 0 Å². The van der Waals surface area contributed by atoms with E-state index in [1.807, 2.05) is 0 Å². The van der Waals surface area contributed by atoms with Crippen LogP contribution in [0.4, 0.5) is 4.79 Å². The predicted molar refractivity (Wildman–Crippen MR) is 96.5 cm³/mol. The third-order valence-electron chi connectivity index (χ3n) is 4.27. The normalized spacial score (nSPS) is 18.5. The Morgan fingerprint density at radius 1 is 1.18 bits per heavy atom. The molecular weight excluding hydrogens is 368 g/mol. The number of imide groups is 1. The molecule has 0 radical (unpaired) electrons. The molecule has 1 aromatic carbocycles. The van der Waals surface area contributed by atoms with Crippen LogP contribution < -0.4 is 16.1 Å². The van der Waals surface area contributed by atoms with Crippen molar-refractivity contribution in [2.45, 2.75) is 39.3 Å². The van der Waals surface area contributed by atoms with E-state index in [9.17, 15) is 24.0 Å². The fourth-order valence-corrected chi connectivity index (χ4v) is 2.38. The minimum absolute atomic E-state index is 0.168. The summed E-state index contributed by atoms with van der Waals surface area (Å²) >= 11 is 0. The second-order valence-electron chi connectivity index (χ2n) is 6.47. The molecule has 2 rings (SSSR count). The lowest BCUT2D eigenvalue weighted by Gasteiger charge is -2.19. The molecule has 1 fully saturated rings. The smallest absolute Gasteiger partial charge is 0.344 e. The Morgan fingerprint density at radius 2 is 1.82 bits per heavy atom. The first kappa shape index (κ1) is 20.9. The molecule has 10 nitrogen and oxygen atoms in total. The van der Waals surface area contributed by atoms with Crippen LogP contribution in [0.15, 0.2) is 24.3 Å². The molecule has 1 heterocycles. The summed E-state index contributed by atoms with van der Waals surface area (Å²) in [7, 11) is 0. The van der Waals surface area contributed by atoms with Gasteiger partial charge in [0.15, 0.2) is 6.61 Å². The van der Waals surface area contributed by atoms with E-state index in [4.69, 9.17) is 4.74 Å². The maximum Gasteiger partial charge on any atom is 0.344 e. The third kappa shape index (κ3) is 4.84. The van der Waals surface area contributed by atoms with E-state index in [2.05, 4.69) is 16.1 Å². The number of carbonyl (C=O) groups excluding carboxylic acids is 5. The van der Waals surface area contributed by atoms with Gasteiger partial charge >= 0.3 is 12.0 Å². The van der Waals surface area contributed by atoms with E-state index >= 15 is 0 Å². The number of urea groups is 1. The van der Waals surface area contributed by atoms with E-state index < -0.39 is 36.0 Å². The average molecular weight is 390 g/mol. The summed E-state index contributed by atoms with van der Waals surface area (Å²) in [6.07, 6.45) is 0.358. The zero-order valence-electron chi connectivity index (χ0n) is 15.8.